The molecule has 0 N–H and O–H groups in total. The first-order chi connectivity index (χ1) is 8.10. The minimum Gasteiger partial charge on any atom is -0.0654 e. The third-order valence-electron chi connectivity index (χ3n) is 4.20. The van der Waals surface area contributed by atoms with Gasteiger partial charge in [-0.05, 0) is 24.2 Å². The van der Waals surface area contributed by atoms with Crippen LogP contribution in [0.25, 0.3) is 0 Å². The van der Waals surface area contributed by atoms with Gasteiger partial charge in [0.2, 0.25) is 0 Å². The Morgan fingerprint density at radius 3 is 1.71 bits per heavy atom. The molecule has 0 radical (unpaired) electrons. The minimum atomic E-state index is 0.925. The molecule has 0 heterocycles. The monoisotopic (exact) mass is 240 g/mol. The second-order valence-electron chi connectivity index (χ2n) is 6.39. The summed E-state index contributed by atoms with van der Waals surface area (Å²) in [6.07, 6.45) is 12.8. The Balaban J connectivity index is 3.37. The summed E-state index contributed by atoms with van der Waals surface area (Å²) in [6.45, 7) is 11.9. The molecule has 0 bridgehead atoms. The number of hydrogen-bond acceptors (Lipinski definition) is 0. The molecule has 0 heteroatoms. The third-order valence-corrected chi connectivity index (χ3v) is 4.20. The molecule has 0 aromatic heterocycles. The molecule has 0 fully saturated rings. The Kier molecular flexibility index (Phi) is 11.1. The summed E-state index contributed by atoms with van der Waals surface area (Å²) in [5.74, 6) is 2.82. The molecule has 0 aromatic carbocycles. The van der Waals surface area contributed by atoms with Crippen LogP contribution in [-0.2, 0) is 0 Å². The van der Waals surface area contributed by atoms with Crippen LogP contribution in [0.2, 0.25) is 0 Å². The van der Waals surface area contributed by atoms with E-state index in [9.17, 15) is 0 Å². The maximum absolute atomic E-state index is 2.44. The molecular formula is C17H36. The first kappa shape index (κ1) is 17.0. The van der Waals surface area contributed by atoms with Crippen LogP contribution in [-0.4, -0.2) is 0 Å². The Morgan fingerprint density at radius 1 is 0.647 bits per heavy atom. The van der Waals surface area contributed by atoms with Gasteiger partial charge in [0.15, 0.2) is 0 Å². The molecule has 0 spiro atoms. The molecule has 0 saturated heterocycles. The van der Waals surface area contributed by atoms with Gasteiger partial charge in [0.1, 0.15) is 0 Å². The van der Waals surface area contributed by atoms with Gasteiger partial charge in [-0.25, -0.2) is 0 Å². The summed E-state index contributed by atoms with van der Waals surface area (Å²) in [4.78, 5) is 0. The minimum absolute atomic E-state index is 0.925. The van der Waals surface area contributed by atoms with E-state index in [1.165, 1.54) is 57.8 Å². The van der Waals surface area contributed by atoms with Crippen molar-refractivity contribution in [2.75, 3.05) is 0 Å². The van der Waals surface area contributed by atoms with E-state index in [1.54, 1.807) is 0 Å². The highest BCUT2D eigenvalue weighted by molar-refractivity contribution is 4.60. The van der Waals surface area contributed by atoms with Gasteiger partial charge in [-0.1, -0.05) is 86.0 Å². The molecule has 0 amide bonds. The smallest absolute Gasteiger partial charge is 0.0440 e. The molecule has 0 aliphatic carbocycles. The molecule has 0 aliphatic rings. The molecule has 3 atom stereocenters. The Bertz CT molecular complexity index is 150. The largest absolute Gasteiger partial charge is 0.0654 e. The van der Waals surface area contributed by atoms with Gasteiger partial charge < -0.3 is 0 Å². The van der Waals surface area contributed by atoms with E-state index >= 15 is 0 Å². The fourth-order valence-electron chi connectivity index (χ4n) is 2.65. The first-order valence-electron chi connectivity index (χ1n) is 8.10. The summed E-state index contributed by atoms with van der Waals surface area (Å²) in [5, 5.41) is 0. The molecule has 104 valence electrons. The van der Waals surface area contributed by atoms with E-state index in [4.69, 9.17) is 0 Å². The zero-order chi connectivity index (χ0) is 13.1. The zero-order valence-corrected chi connectivity index (χ0v) is 13.1. The van der Waals surface area contributed by atoms with Crippen molar-refractivity contribution in [3.63, 3.8) is 0 Å². The highest BCUT2D eigenvalue weighted by Crippen LogP contribution is 2.22. The molecule has 3 unspecified atom stereocenters. The van der Waals surface area contributed by atoms with Gasteiger partial charge in [0.05, 0.1) is 0 Å². The van der Waals surface area contributed by atoms with E-state index < -0.39 is 0 Å². The van der Waals surface area contributed by atoms with Crippen LogP contribution >= 0.6 is 0 Å². The maximum Gasteiger partial charge on any atom is -0.0440 e. The zero-order valence-electron chi connectivity index (χ0n) is 13.1. The average molecular weight is 240 g/mol. The molecule has 0 aromatic rings. The summed E-state index contributed by atoms with van der Waals surface area (Å²) < 4.78 is 0. The van der Waals surface area contributed by atoms with Crippen LogP contribution < -0.4 is 0 Å². The van der Waals surface area contributed by atoms with Crippen LogP contribution in [0.4, 0.5) is 0 Å². The fraction of sp³-hybridized carbons (Fsp3) is 1.00. The first-order valence-corrected chi connectivity index (χ1v) is 8.10. The number of hydrogen-bond donors (Lipinski definition) is 0. The van der Waals surface area contributed by atoms with Gasteiger partial charge in [0.25, 0.3) is 0 Å². The molecule has 0 aliphatic heterocycles. The van der Waals surface area contributed by atoms with Crippen molar-refractivity contribution < 1.29 is 0 Å². The molecule has 0 saturated carbocycles. The lowest BCUT2D eigenvalue weighted by molar-refractivity contribution is 0.365. The van der Waals surface area contributed by atoms with Gasteiger partial charge in [-0.15, -0.1) is 0 Å². The summed E-state index contributed by atoms with van der Waals surface area (Å²) in [6, 6.07) is 0. The maximum atomic E-state index is 2.44. The fourth-order valence-corrected chi connectivity index (χ4v) is 2.65. The predicted octanol–water partition coefficient (Wildman–Crippen LogP) is 6.45. The Morgan fingerprint density at radius 2 is 1.18 bits per heavy atom. The van der Waals surface area contributed by atoms with E-state index in [1.807, 2.05) is 0 Å². The van der Waals surface area contributed by atoms with Crippen molar-refractivity contribution >= 4 is 0 Å². The van der Waals surface area contributed by atoms with Crippen LogP contribution in [0.1, 0.15) is 92.4 Å². The van der Waals surface area contributed by atoms with Gasteiger partial charge >= 0.3 is 0 Å². The summed E-state index contributed by atoms with van der Waals surface area (Å²) in [7, 11) is 0. The topological polar surface area (TPSA) is 0 Å². The van der Waals surface area contributed by atoms with E-state index in [0.717, 1.165) is 17.8 Å². The van der Waals surface area contributed by atoms with Crippen molar-refractivity contribution in [3.05, 3.63) is 0 Å². The standard InChI is InChI=1S/C17H36/c1-6-8-11-16(4)12-9-10-13-17(5)14-15(3)7-2/h15-17H,6-14H2,1-5H3. The van der Waals surface area contributed by atoms with Crippen molar-refractivity contribution in [1.82, 2.24) is 0 Å². The van der Waals surface area contributed by atoms with Crippen LogP contribution in [0.3, 0.4) is 0 Å². The van der Waals surface area contributed by atoms with E-state index in [0.29, 0.717) is 0 Å². The van der Waals surface area contributed by atoms with Gasteiger partial charge in [-0.3, -0.25) is 0 Å². The highest BCUT2D eigenvalue weighted by Gasteiger charge is 2.07. The van der Waals surface area contributed by atoms with Crippen molar-refractivity contribution in [1.29, 1.82) is 0 Å². The Hall–Kier alpha value is 0. The predicted molar refractivity (Wildman–Crippen MR) is 80.4 cm³/mol. The van der Waals surface area contributed by atoms with Crippen LogP contribution in [0.5, 0.6) is 0 Å². The SMILES string of the molecule is CCCCC(C)CCCCC(C)CC(C)CC. The lowest BCUT2D eigenvalue weighted by atomic mass is 9.90. The van der Waals surface area contributed by atoms with Crippen molar-refractivity contribution in [3.8, 4) is 0 Å². The second-order valence-corrected chi connectivity index (χ2v) is 6.39. The van der Waals surface area contributed by atoms with Gasteiger partial charge in [-0.2, -0.15) is 0 Å². The Labute approximate surface area is 111 Å². The van der Waals surface area contributed by atoms with Crippen LogP contribution in [0.15, 0.2) is 0 Å². The third kappa shape index (κ3) is 10.9. The molecule has 0 nitrogen and oxygen atoms in total. The van der Waals surface area contributed by atoms with E-state index in [2.05, 4.69) is 34.6 Å². The van der Waals surface area contributed by atoms with E-state index in [-0.39, 0.29) is 0 Å². The lowest BCUT2D eigenvalue weighted by Crippen LogP contribution is -2.02. The molecular weight excluding hydrogens is 204 g/mol. The van der Waals surface area contributed by atoms with Gasteiger partial charge in [0, 0.05) is 0 Å². The summed E-state index contributed by atoms with van der Waals surface area (Å²) >= 11 is 0. The highest BCUT2D eigenvalue weighted by atomic mass is 14.1. The quantitative estimate of drug-likeness (QED) is 0.364. The number of unbranched alkanes of at least 4 members (excludes halogenated alkanes) is 2. The second kappa shape index (κ2) is 11.1. The average Bonchev–Trinajstić information content (AvgIpc) is 2.31. The van der Waals surface area contributed by atoms with Crippen molar-refractivity contribution in [2.24, 2.45) is 17.8 Å². The molecule has 17 heavy (non-hydrogen) atoms. The van der Waals surface area contributed by atoms with Crippen molar-refractivity contribution in [2.45, 2.75) is 92.4 Å². The summed E-state index contributed by atoms with van der Waals surface area (Å²) in [5.41, 5.74) is 0. The van der Waals surface area contributed by atoms with Crippen LogP contribution in [0, 0.1) is 17.8 Å². The normalized spacial score (nSPS) is 16.8. The number of rotatable bonds is 11. The molecule has 0 rings (SSSR count). The lowest BCUT2D eigenvalue weighted by Gasteiger charge is -2.16.